The van der Waals surface area contributed by atoms with Gasteiger partial charge in [-0.25, -0.2) is 10.4 Å². The molecule has 0 fully saturated rings. The summed E-state index contributed by atoms with van der Waals surface area (Å²) in [6.07, 6.45) is 7.38. The van der Waals surface area contributed by atoms with E-state index in [9.17, 15) is 4.79 Å². The number of aliphatic imine (C=N–C) groups is 1. The van der Waals surface area contributed by atoms with Gasteiger partial charge in [0.25, 0.3) is 0 Å². The Morgan fingerprint density at radius 1 is 1.52 bits per heavy atom. The van der Waals surface area contributed by atoms with E-state index in [4.69, 9.17) is 11.7 Å². The summed E-state index contributed by atoms with van der Waals surface area (Å²) in [5.74, 6) is 2.65. The van der Waals surface area contributed by atoms with Gasteiger partial charge in [0.1, 0.15) is 6.54 Å². The first kappa shape index (κ1) is 16.1. The minimum Gasteiger partial charge on any atom is -0.326 e. The molecule has 7 nitrogen and oxygen atoms in total. The summed E-state index contributed by atoms with van der Waals surface area (Å²) in [7, 11) is 0. The molecular formula is C16H16N6O. The fraction of sp³-hybridized carbons (Fsp3) is 0.250. The normalized spacial score (nSPS) is 17.3. The van der Waals surface area contributed by atoms with Crippen LogP contribution in [0.25, 0.3) is 0 Å². The molecule has 3 N–H and O–H groups in total. The van der Waals surface area contributed by atoms with E-state index in [1.807, 2.05) is 31.2 Å². The molecule has 1 aromatic carbocycles. The highest BCUT2D eigenvalue weighted by atomic mass is 16.2. The van der Waals surface area contributed by atoms with Gasteiger partial charge in [-0.15, -0.1) is 6.42 Å². The lowest BCUT2D eigenvalue weighted by atomic mass is 9.94. The third-order valence-electron chi connectivity index (χ3n) is 3.21. The average molecular weight is 308 g/mol. The van der Waals surface area contributed by atoms with Crippen LogP contribution in [0.4, 0.5) is 5.69 Å². The Morgan fingerprint density at radius 2 is 2.26 bits per heavy atom. The fourth-order valence-electron chi connectivity index (χ4n) is 2.15. The molecule has 1 aliphatic heterocycles. The highest BCUT2D eigenvalue weighted by Crippen LogP contribution is 2.18. The minimum atomic E-state index is -0.0727. The van der Waals surface area contributed by atoms with Crippen LogP contribution in [-0.2, 0) is 4.79 Å². The van der Waals surface area contributed by atoms with E-state index in [-0.39, 0.29) is 24.3 Å². The lowest BCUT2D eigenvalue weighted by Crippen LogP contribution is -2.32. The van der Waals surface area contributed by atoms with Gasteiger partial charge in [0.2, 0.25) is 11.9 Å². The topological polar surface area (TPSA) is 102 Å². The zero-order valence-electron chi connectivity index (χ0n) is 12.6. The highest BCUT2D eigenvalue weighted by molar-refractivity contribution is 6.06. The van der Waals surface area contributed by atoms with Gasteiger partial charge in [0.15, 0.2) is 6.19 Å². The highest BCUT2D eigenvalue weighted by Gasteiger charge is 2.21. The second-order valence-electron chi connectivity index (χ2n) is 4.95. The first-order chi connectivity index (χ1) is 11.1. The molecule has 0 radical (unpaired) electrons. The van der Waals surface area contributed by atoms with Crippen LogP contribution in [0.15, 0.2) is 34.4 Å². The Kier molecular flexibility index (Phi) is 5.32. The molecule has 0 spiro atoms. The Hall–Kier alpha value is -3.32. The maximum absolute atomic E-state index is 11.3. The van der Waals surface area contributed by atoms with Crippen LogP contribution < -0.4 is 16.1 Å². The van der Waals surface area contributed by atoms with Crippen LogP contribution >= 0.6 is 0 Å². The molecule has 1 amide bonds. The maximum atomic E-state index is 11.3. The first-order valence-corrected chi connectivity index (χ1v) is 7.01. The zero-order valence-corrected chi connectivity index (χ0v) is 12.6. The van der Waals surface area contributed by atoms with Crippen molar-refractivity contribution in [2.75, 3.05) is 11.9 Å². The Bertz CT molecular complexity index is 720. The van der Waals surface area contributed by atoms with Gasteiger partial charge in [-0.3, -0.25) is 10.1 Å². The Labute approximate surface area is 134 Å². The standard InChI is InChI=1S/C16H16N6O/c1-3-8-18-16(19-10-17)20-13-6-4-12(5-7-13)15-11(2)9-14(23)21-22-15/h1,4-7,11H,8-9H2,2H3,(H,21,23)(H2,18,19,20). The van der Waals surface area contributed by atoms with Gasteiger partial charge in [-0.2, -0.15) is 10.4 Å². The number of hydrazone groups is 1. The number of terminal acetylenes is 1. The summed E-state index contributed by atoms with van der Waals surface area (Å²) in [6.45, 7) is 2.13. The van der Waals surface area contributed by atoms with Crippen molar-refractivity contribution in [1.29, 1.82) is 5.26 Å². The predicted molar refractivity (Wildman–Crippen MR) is 88.4 cm³/mol. The van der Waals surface area contributed by atoms with Gasteiger partial charge in [0, 0.05) is 18.0 Å². The van der Waals surface area contributed by atoms with E-state index < -0.39 is 0 Å². The van der Waals surface area contributed by atoms with Crippen LogP contribution in [0.1, 0.15) is 18.9 Å². The largest absolute Gasteiger partial charge is 0.326 e. The lowest BCUT2D eigenvalue weighted by molar-refractivity contribution is -0.121. The van der Waals surface area contributed by atoms with Crippen molar-refractivity contribution in [3.63, 3.8) is 0 Å². The number of guanidine groups is 1. The zero-order chi connectivity index (χ0) is 16.7. The molecular weight excluding hydrogens is 292 g/mol. The molecule has 1 heterocycles. The van der Waals surface area contributed by atoms with Crippen molar-refractivity contribution >= 4 is 23.3 Å². The third kappa shape index (κ3) is 4.32. The number of nitrogens with one attached hydrogen (secondary N) is 3. The third-order valence-corrected chi connectivity index (χ3v) is 3.21. The molecule has 116 valence electrons. The van der Waals surface area contributed by atoms with Gasteiger partial charge >= 0.3 is 0 Å². The van der Waals surface area contributed by atoms with Crippen molar-refractivity contribution < 1.29 is 4.79 Å². The predicted octanol–water partition coefficient (Wildman–Crippen LogP) is 1.02. The van der Waals surface area contributed by atoms with Crippen LogP contribution in [0, 0.1) is 29.7 Å². The summed E-state index contributed by atoms with van der Waals surface area (Å²) in [6, 6.07) is 7.46. The van der Waals surface area contributed by atoms with Crippen molar-refractivity contribution in [1.82, 2.24) is 10.7 Å². The van der Waals surface area contributed by atoms with E-state index in [1.54, 1.807) is 6.19 Å². The van der Waals surface area contributed by atoms with Gasteiger partial charge in [0.05, 0.1) is 5.71 Å². The van der Waals surface area contributed by atoms with Crippen LogP contribution in [-0.4, -0.2) is 24.1 Å². The monoisotopic (exact) mass is 308 g/mol. The molecule has 0 bridgehead atoms. The SMILES string of the molecule is C#CCN=C(NC#N)Nc1ccc(C2=NNC(=O)CC2C)cc1. The molecule has 1 atom stereocenters. The maximum Gasteiger partial charge on any atom is 0.240 e. The minimum absolute atomic E-state index is 0.0653. The van der Waals surface area contributed by atoms with E-state index in [0.29, 0.717) is 6.42 Å². The number of carbonyl (C=O) groups is 1. The summed E-state index contributed by atoms with van der Waals surface area (Å²) in [4.78, 5) is 15.3. The Balaban J connectivity index is 2.12. The molecule has 0 saturated carbocycles. The van der Waals surface area contributed by atoms with Crippen LogP contribution in [0.2, 0.25) is 0 Å². The van der Waals surface area contributed by atoms with E-state index in [0.717, 1.165) is 17.0 Å². The summed E-state index contributed by atoms with van der Waals surface area (Å²) in [5, 5.41) is 18.2. The second-order valence-corrected chi connectivity index (χ2v) is 4.95. The van der Waals surface area contributed by atoms with Crippen LogP contribution in [0.5, 0.6) is 0 Å². The molecule has 23 heavy (non-hydrogen) atoms. The van der Waals surface area contributed by atoms with Gasteiger partial charge in [-0.05, 0) is 17.7 Å². The molecule has 0 aromatic heterocycles. The number of carbonyl (C=O) groups excluding carboxylic acids is 1. The molecule has 7 heteroatoms. The number of hydrogen-bond donors (Lipinski definition) is 3. The van der Waals surface area contributed by atoms with Crippen LogP contribution in [0.3, 0.4) is 0 Å². The number of nitrogens with zero attached hydrogens (tertiary/aromatic N) is 3. The van der Waals surface area contributed by atoms with Crippen molar-refractivity contribution in [3.05, 3.63) is 29.8 Å². The van der Waals surface area contributed by atoms with Gasteiger partial charge < -0.3 is 5.32 Å². The molecule has 0 aliphatic carbocycles. The average Bonchev–Trinajstić information content (AvgIpc) is 2.54. The lowest BCUT2D eigenvalue weighted by Gasteiger charge is -2.19. The number of anilines is 1. The molecule has 1 aromatic rings. The molecule has 2 rings (SSSR count). The second kappa shape index (κ2) is 7.62. The van der Waals surface area contributed by atoms with E-state index >= 15 is 0 Å². The summed E-state index contributed by atoms with van der Waals surface area (Å²) < 4.78 is 0. The quantitative estimate of drug-likeness (QED) is 0.255. The van der Waals surface area contributed by atoms with E-state index in [2.05, 4.69) is 32.1 Å². The molecule has 1 unspecified atom stereocenters. The van der Waals surface area contributed by atoms with E-state index in [1.165, 1.54) is 0 Å². The fourth-order valence-corrected chi connectivity index (χ4v) is 2.15. The first-order valence-electron chi connectivity index (χ1n) is 7.01. The van der Waals surface area contributed by atoms with Crippen molar-refractivity contribution in [2.24, 2.45) is 16.0 Å². The summed E-state index contributed by atoms with van der Waals surface area (Å²) in [5.41, 5.74) is 5.02. The smallest absolute Gasteiger partial charge is 0.240 e. The number of benzene rings is 1. The number of hydrogen-bond acceptors (Lipinski definition) is 4. The summed E-state index contributed by atoms with van der Waals surface area (Å²) >= 11 is 0. The number of rotatable bonds is 3. The number of nitriles is 1. The van der Waals surface area contributed by atoms with Gasteiger partial charge in [-0.1, -0.05) is 25.0 Å². The molecule has 1 aliphatic rings. The van der Waals surface area contributed by atoms with Crippen molar-refractivity contribution in [2.45, 2.75) is 13.3 Å². The Morgan fingerprint density at radius 3 is 2.87 bits per heavy atom. The van der Waals surface area contributed by atoms with Crippen molar-refractivity contribution in [3.8, 4) is 18.5 Å². The number of amides is 1. The molecule has 0 saturated heterocycles.